The van der Waals surface area contributed by atoms with Crippen LogP contribution >= 0.6 is 22.6 Å². The van der Waals surface area contributed by atoms with Gasteiger partial charge in [-0.05, 0) is 101 Å². The molecule has 10 heteroatoms. The molecular formula is C30H29F2IN4O3. The van der Waals surface area contributed by atoms with Crippen molar-refractivity contribution in [2.24, 2.45) is 11.0 Å². The second-order valence-corrected chi connectivity index (χ2v) is 11.4. The van der Waals surface area contributed by atoms with E-state index in [1.54, 1.807) is 30.3 Å². The number of azide groups is 1. The number of fused-ring (bicyclic) bond motifs is 2. The fourth-order valence-corrected chi connectivity index (χ4v) is 6.56. The summed E-state index contributed by atoms with van der Waals surface area (Å²) in [4.78, 5) is 18.7. The zero-order valence-corrected chi connectivity index (χ0v) is 24.1. The third-order valence-corrected chi connectivity index (χ3v) is 8.81. The van der Waals surface area contributed by atoms with Crippen molar-refractivity contribution >= 4 is 34.2 Å². The lowest BCUT2D eigenvalue weighted by Crippen LogP contribution is -2.53. The van der Waals surface area contributed by atoms with Crippen molar-refractivity contribution in [3.8, 4) is 0 Å². The largest absolute Gasteiger partial charge is 0.465 e. The van der Waals surface area contributed by atoms with Crippen molar-refractivity contribution in [1.82, 2.24) is 4.90 Å². The molecule has 3 aromatic rings. The summed E-state index contributed by atoms with van der Waals surface area (Å²) in [5, 5.41) is 3.66. The van der Waals surface area contributed by atoms with E-state index >= 15 is 0 Å². The number of hydrogen-bond acceptors (Lipinski definition) is 5. The molecule has 2 saturated heterocycles. The average molecular weight is 658 g/mol. The van der Waals surface area contributed by atoms with E-state index in [4.69, 9.17) is 15.0 Å². The molecule has 2 bridgehead atoms. The molecule has 2 fully saturated rings. The summed E-state index contributed by atoms with van der Waals surface area (Å²) < 4.78 is 40.8. The molecule has 0 saturated carbocycles. The van der Waals surface area contributed by atoms with Gasteiger partial charge in [-0.15, -0.1) is 0 Å². The molecule has 4 atom stereocenters. The Morgan fingerprint density at radius 2 is 1.73 bits per heavy atom. The van der Waals surface area contributed by atoms with E-state index in [0.29, 0.717) is 18.5 Å². The van der Waals surface area contributed by atoms with Crippen LogP contribution in [0.15, 0.2) is 71.8 Å². The molecule has 0 aliphatic carbocycles. The molecule has 0 spiro atoms. The van der Waals surface area contributed by atoms with E-state index in [-0.39, 0.29) is 36.3 Å². The maximum absolute atomic E-state index is 13.7. The van der Waals surface area contributed by atoms with Gasteiger partial charge in [-0.3, -0.25) is 9.69 Å². The van der Waals surface area contributed by atoms with Crippen molar-refractivity contribution in [1.29, 1.82) is 0 Å². The van der Waals surface area contributed by atoms with E-state index in [2.05, 4.69) is 37.5 Å². The highest BCUT2D eigenvalue weighted by Gasteiger charge is 2.50. The minimum absolute atomic E-state index is 0.0117. The standard InChI is InChI=1S/C30H29F2IN4O3/c1-37-23-11-13-26(37)28(30(38)39-15-14-18-2-12-25(35-36-34)24(33)16-18)27(17-23)40-29(19-3-7-21(31)8-4-19)20-5-9-22(32)10-6-20/h2-10,12,16,23,26-29H,11,13-15,17H2,1H3/t23-,26+,27+,28+/m1/s1. The minimum atomic E-state index is -0.596. The predicted molar refractivity (Wildman–Crippen MR) is 155 cm³/mol. The SMILES string of the molecule is CN1[C@@H]2CC[C@H]1[C@H](C(=O)OCCc1ccc(N=[N+]=[N-])c(I)c1)[C@@H](OC(c1ccc(F)cc1)c1ccc(F)cc1)C2. The summed E-state index contributed by atoms with van der Waals surface area (Å²) in [6.45, 7) is 0.207. The lowest BCUT2D eigenvalue weighted by atomic mass is 9.87. The molecule has 2 aliphatic rings. The zero-order chi connectivity index (χ0) is 28.2. The van der Waals surface area contributed by atoms with Crippen LogP contribution in [0.1, 0.15) is 42.1 Å². The third-order valence-electron chi connectivity index (χ3n) is 7.94. The molecular weight excluding hydrogens is 629 g/mol. The van der Waals surface area contributed by atoms with Gasteiger partial charge >= 0.3 is 5.97 Å². The molecule has 0 N–H and O–H groups in total. The number of ether oxygens (including phenoxy) is 2. The van der Waals surface area contributed by atoms with Crippen LogP contribution in [0, 0.1) is 21.1 Å². The monoisotopic (exact) mass is 658 g/mol. The minimum Gasteiger partial charge on any atom is -0.465 e. The molecule has 2 aliphatic heterocycles. The quantitative estimate of drug-likeness (QED) is 0.0797. The van der Waals surface area contributed by atoms with Crippen LogP contribution in [-0.2, 0) is 20.7 Å². The van der Waals surface area contributed by atoms with Crippen molar-refractivity contribution in [3.05, 3.63) is 109 Å². The van der Waals surface area contributed by atoms with Crippen LogP contribution in [0.25, 0.3) is 10.4 Å². The van der Waals surface area contributed by atoms with Crippen LogP contribution in [-0.4, -0.2) is 42.7 Å². The summed E-state index contributed by atoms with van der Waals surface area (Å²) in [5.74, 6) is -1.52. The van der Waals surface area contributed by atoms with Gasteiger partial charge in [0.15, 0.2) is 0 Å². The van der Waals surface area contributed by atoms with E-state index in [9.17, 15) is 13.6 Å². The number of hydrogen-bond donors (Lipinski definition) is 0. The van der Waals surface area contributed by atoms with Crippen molar-refractivity contribution < 1.29 is 23.0 Å². The van der Waals surface area contributed by atoms with Gasteiger partial charge in [0.05, 0.1) is 24.3 Å². The molecule has 7 nitrogen and oxygen atoms in total. The first-order chi connectivity index (χ1) is 19.3. The first-order valence-electron chi connectivity index (χ1n) is 13.2. The second kappa shape index (κ2) is 12.6. The molecule has 208 valence electrons. The fraction of sp³-hybridized carbons (Fsp3) is 0.367. The van der Waals surface area contributed by atoms with Gasteiger partial charge in [0.1, 0.15) is 17.7 Å². The number of nitrogens with zero attached hydrogens (tertiary/aromatic N) is 4. The lowest BCUT2D eigenvalue weighted by molar-refractivity contribution is -0.164. The van der Waals surface area contributed by atoms with Gasteiger partial charge in [-0.25, -0.2) is 8.78 Å². The number of halogens is 3. The first kappa shape index (κ1) is 28.5. The van der Waals surface area contributed by atoms with Crippen LogP contribution in [0.4, 0.5) is 14.5 Å². The molecule has 5 rings (SSSR count). The van der Waals surface area contributed by atoms with Gasteiger partial charge in [0, 0.05) is 27.0 Å². The number of piperidine rings is 1. The smallest absolute Gasteiger partial charge is 0.313 e. The number of carbonyl (C=O) groups is 1. The number of carbonyl (C=O) groups excluding carboxylic acids is 1. The van der Waals surface area contributed by atoms with Crippen LogP contribution in [0.3, 0.4) is 0 Å². The Kier molecular flexibility index (Phi) is 9.00. The Hall–Kier alpha value is -3.05. The molecule has 40 heavy (non-hydrogen) atoms. The van der Waals surface area contributed by atoms with Crippen LogP contribution in [0.2, 0.25) is 0 Å². The summed E-state index contributed by atoms with van der Waals surface area (Å²) in [7, 11) is 2.05. The first-order valence-corrected chi connectivity index (χ1v) is 14.3. The summed E-state index contributed by atoms with van der Waals surface area (Å²) in [6.07, 6.45) is 2.00. The highest BCUT2D eigenvalue weighted by atomic mass is 127. The van der Waals surface area contributed by atoms with Crippen molar-refractivity contribution in [2.75, 3.05) is 13.7 Å². The van der Waals surface area contributed by atoms with Gasteiger partial charge in [0.2, 0.25) is 0 Å². The highest BCUT2D eigenvalue weighted by Crippen LogP contribution is 2.42. The summed E-state index contributed by atoms with van der Waals surface area (Å²) in [5.41, 5.74) is 11.7. The molecule has 2 heterocycles. The average Bonchev–Trinajstić information content (AvgIpc) is 3.17. The van der Waals surface area contributed by atoms with E-state index in [1.807, 2.05) is 19.2 Å². The Morgan fingerprint density at radius 1 is 1.07 bits per heavy atom. The Bertz CT molecular complexity index is 1350. The van der Waals surface area contributed by atoms with Gasteiger partial charge < -0.3 is 9.47 Å². The Morgan fingerprint density at radius 3 is 2.33 bits per heavy atom. The van der Waals surface area contributed by atoms with Gasteiger partial charge in [-0.1, -0.05) is 41.5 Å². The number of benzene rings is 3. The Labute approximate surface area is 245 Å². The molecule has 0 radical (unpaired) electrons. The van der Waals surface area contributed by atoms with Gasteiger partial charge in [0.25, 0.3) is 0 Å². The van der Waals surface area contributed by atoms with Crippen molar-refractivity contribution in [2.45, 2.75) is 50.0 Å². The van der Waals surface area contributed by atoms with E-state index < -0.39 is 18.1 Å². The van der Waals surface area contributed by atoms with Gasteiger partial charge in [-0.2, -0.15) is 0 Å². The topological polar surface area (TPSA) is 87.5 Å². The number of esters is 1. The lowest BCUT2D eigenvalue weighted by Gasteiger charge is -2.42. The van der Waals surface area contributed by atoms with Crippen LogP contribution in [0.5, 0.6) is 0 Å². The Balaban J connectivity index is 1.34. The highest BCUT2D eigenvalue weighted by molar-refractivity contribution is 14.1. The van der Waals surface area contributed by atoms with Crippen LogP contribution < -0.4 is 0 Å². The fourth-order valence-electron chi connectivity index (χ4n) is 5.87. The summed E-state index contributed by atoms with van der Waals surface area (Å²) >= 11 is 2.11. The van der Waals surface area contributed by atoms with E-state index in [0.717, 1.165) is 33.1 Å². The third kappa shape index (κ3) is 6.30. The number of rotatable bonds is 9. The zero-order valence-electron chi connectivity index (χ0n) is 21.9. The maximum atomic E-state index is 13.7. The van der Waals surface area contributed by atoms with Crippen molar-refractivity contribution in [3.63, 3.8) is 0 Å². The molecule has 3 aromatic carbocycles. The maximum Gasteiger partial charge on any atom is 0.313 e. The van der Waals surface area contributed by atoms with E-state index in [1.165, 1.54) is 24.3 Å². The molecule has 0 aromatic heterocycles. The molecule has 0 unspecified atom stereocenters. The molecule has 0 amide bonds. The predicted octanol–water partition coefficient (Wildman–Crippen LogP) is 7.25. The second-order valence-electron chi connectivity index (χ2n) is 10.3. The normalized spacial score (nSPS) is 22.2. The summed E-state index contributed by atoms with van der Waals surface area (Å²) in [6, 6.07) is 17.9.